The number of rotatable bonds is 0. The molecule has 0 unspecified atom stereocenters. The molecule has 60 valence electrons. The van der Waals surface area contributed by atoms with Crippen molar-refractivity contribution in [2.75, 3.05) is 0 Å². The SMILES string of the molecule is Fc1cccc(Cl)c1.O=CF. The first-order valence-electron chi connectivity index (χ1n) is 2.65. The molecule has 0 aliphatic heterocycles. The van der Waals surface area contributed by atoms with E-state index in [1.807, 2.05) is 0 Å². The number of carbonyl (C=O) groups is 1. The third-order valence-corrected chi connectivity index (χ3v) is 1.02. The summed E-state index contributed by atoms with van der Waals surface area (Å²) >= 11 is 5.40. The Bertz CT molecular complexity index is 210. The van der Waals surface area contributed by atoms with Gasteiger partial charge in [-0.1, -0.05) is 17.7 Å². The minimum Gasteiger partial charge on any atom is -0.265 e. The number of halogens is 3. The monoisotopic (exact) mass is 178 g/mol. The second kappa shape index (κ2) is 5.80. The van der Waals surface area contributed by atoms with E-state index in [4.69, 9.17) is 16.4 Å². The molecule has 0 aliphatic carbocycles. The van der Waals surface area contributed by atoms with Gasteiger partial charge in [0.15, 0.2) is 0 Å². The molecule has 0 atom stereocenters. The Morgan fingerprint density at radius 2 is 2.00 bits per heavy atom. The number of hydrogen-bond acceptors (Lipinski definition) is 1. The van der Waals surface area contributed by atoms with E-state index in [9.17, 15) is 8.78 Å². The van der Waals surface area contributed by atoms with Crippen LogP contribution in [-0.4, -0.2) is 6.54 Å². The summed E-state index contributed by atoms with van der Waals surface area (Å²) in [4.78, 5) is 8.14. The van der Waals surface area contributed by atoms with Gasteiger partial charge in [0.25, 0.3) is 6.54 Å². The van der Waals surface area contributed by atoms with Crippen molar-refractivity contribution in [3.05, 3.63) is 35.1 Å². The van der Waals surface area contributed by atoms with Crippen molar-refractivity contribution >= 4 is 18.1 Å². The highest BCUT2D eigenvalue weighted by Crippen LogP contribution is 2.07. The topological polar surface area (TPSA) is 17.1 Å². The zero-order chi connectivity index (χ0) is 8.69. The maximum atomic E-state index is 12.1. The molecule has 0 spiro atoms. The summed E-state index contributed by atoms with van der Waals surface area (Å²) in [6.45, 7) is -0.750. The molecule has 0 bridgehead atoms. The summed E-state index contributed by atoms with van der Waals surface area (Å²) in [5.74, 6) is -0.294. The predicted molar refractivity (Wildman–Crippen MR) is 39.3 cm³/mol. The van der Waals surface area contributed by atoms with E-state index >= 15 is 0 Å². The Labute approximate surface area is 67.6 Å². The number of benzene rings is 1. The normalized spacial score (nSPS) is 7.91. The van der Waals surface area contributed by atoms with Crippen LogP contribution in [0.1, 0.15) is 0 Å². The molecule has 11 heavy (non-hydrogen) atoms. The summed E-state index contributed by atoms with van der Waals surface area (Å²) in [7, 11) is 0. The minimum absolute atomic E-state index is 0.294. The van der Waals surface area contributed by atoms with Crippen LogP contribution >= 0.6 is 11.6 Å². The molecule has 0 saturated carbocycles. The van der Waals surface area contributed by atoms with Crippen LogP contribution in [0.2, 0.25) is 5.02 Å². The summed E-state index contributed by atoms with van der Waals surface area (Å²) in [5, 5.41) is 0.435. The van der Waals surface area contributed by atoms with E-state index < -0.39 is 6.54 Å². The average molecular weight is 179 g/mol. The Balaban J connectivity index is 0.000000292. The second-order valence-electron chi connectivity index (χ2n) is 1.53. The number of hydrogen-bond donors (Lipinski definition) is 0. The summed E-state index contributed by atoms with van der Waals surface area (Å²) in [6, 6.07) is 5.82. The molecular formula is C7H5ClF2O. The molecule has 1 aromatic carbocycles. The molecule has 0 aliphatic rings. The van der Waals surface area contributed by atoms with Gasteiger partial charge >= 0.3 is 0 Å². The van der Waals surface area contributed by atoms with E-state index in [0.717, 1.165) is 0 Å². The maximum Gasteiger partial charge on any atom is 0.289 e. The Kier molecular flexibility index (Phi) is 5.29. The quantitative estimate of drug-likeness (QED) is 0.441. The molecule has 0 heterocycles. The third kappa shape index (κ3) is 5.48. The molecule has 0 fully saturated rings. The zero-order valence-corrected chi connectivity index (χ0v) is 6.18. The van der Waals surface area contributed by atoms with Crippen molar-refractivity contribution in [2.24, 2.45) is 0 Å². The first kappa shape index (κ1) is 10.0. The fraction of sp³-hybridized carbons (Fsp3) is 0. The minimum atomic E-state index is -0.750. The number of carbonyl (C=O) groups excluding carboxylic acids is 1. The molecule has 1 nitrogen and oxygen atoms in total. The van der Waals surface area contributed by atoms with Gasteiger partial charge in [-0.2, -0.15) is 4.39 Å². The fourth-order valence-corrected chi connectivity index (χ4v) is 0.637. The van der Waals surface area contributed by atoms with Crippen molar-refractivity contribution < 1.29 is 13.6 Å². The largest absolute Gasteiger partial charge is 0.289 e. The van der Waals surface area contributed by atoms with Gasteiger partial charge in [0.1, 0.15) is 5.82 Å². The van der Waals surface area contributed by atoms with Crippen LogP contribution in [0.4, 0.5) is 8.78 Å². The van der Waals surface area contributed by atoms with Gasteiger partial charge in [0.2, 0.25) is 0 Å². The van der Waals surface area contributed by atoms with E-state index in [-0.39, 0.29) is 5.82 Å². The van der Waals surface area contributed by atoms with Gasteiger partial charge < -0.3 is 0 Å². The molecular weight excluding hydrogens is 174 g/mol. The highest BCUT2D eigenvalue weighted by atomic mass is 35.5. The van der Waals surface area contributed by atoms with Crippen LogP contribution < -0.4 is 0 Å². The Hall–Kier alpha value is -0.960. The zero-order valence-electron chi connectivity index (χ0n) is 5.43. The maximum absolute atomic E-state index is 12.1. The lowest BCUT2D eigenvalue weighted by atomic mass is 10.4. The van der Waals surface area contributed by atoms with Gasteiger partial charge in [-0.15, -0.1) is 0 Å². The Morgan fingerprint density at radius 3 is 2.27 bits per heavy atom. The van der Waals surface area contributed by atoms with Crippen LogP contribution in [0, 0.1) is 5.82 Å². The fourth-order valence-electron chi connectivity index (χ4n) is 0.460. The molecule has 1 aromatic rings. The Morgan fingerprint density at radius 1 is 1.45 bits per heavy atom. The first-order chi connectivity index (χ1) is 5.20. The average Bonchev–Trinajstić information content (AvgIpc) is 1.88. The lowest BCUT2D eigenvalue weighted by molar-refractivity contribution is 0.510. The molecule has 0 N–H and O–H groups in total. The molecule has 0 amide bonds. The summed E-state index contributed by atoms with van der Waals surface area (Å²) in [5.41, 5.74) is 0. The smallest absolute Gasteiger partial charge is 0.265 e. The second-order valence-corrected chi connectivity index (χ2v) is 1.97. The van der Waals surface area contributed by atoms with Crippen molar-refractivity contribution in [1.29, 1.82) is 0 Å². The lowest BCUT2D eigenvalue weighted by Gasteiger charge is -1.85. The predicted octanol–water partition coefficient (Wildman–Crippen LogP) is 2.63. The van der Waals surface area contributed by atoms with Gasteiger partial charge in [0.05, 0.1) is 0 Å². The van der Waals surface area contributed by atoms with Crippen LogP contribution in [0.3, 0.4) is 0 Å². The van der Waals surface area contributed by atoms with Crippen LogP contribution in [0.5, 0.6) is 0 Å². The summed E-state index contributed by atoms with van der Waals surface area (Å²) < 4.78 is 21.7. The van der Waals surface area contributed by atoms with Crippen molar-refractivity contribution in [3.8, 4) is 0 Å². The van der Waals surface area contributed by atoms with Gasteiger partial charge in [-0.3, -0.25) is 4.79 Å². The van der Waals surface area contributed by atoms with Crippen LogP contribution in [0.15, 0.2) is 24.3 Å². The highest BCUT2D eigenvalue weighted by molar-refractivity contribution is 6.30. The van der Waals surface area contributed by atoms with Crippen molar-refractivity contribution in [3.63, 3.8) is 0 Å². The van der Waals surface area contributed by atoms with E-state index in [1.54, 1.807) is 12.1 Å². The van der Waals surface area contributed by atoms with E-state index in [0.29, 0.717) is 5.02 Å². The van der Waals surface area contributed by atoms with E-state index in [2.05, 4.69) is 0 Å². The first-order valence-corrected chi connectivity index (χ1v) is 3.03. The standard InChI is InChI=1S/C6H4ClF.CHFO/c7-5-2-1-3-6(8)4-5;2-1-3/h1-4H;1H. The molecule has 0 radical (unpaired) electrons. The van der Waals surface area contributed by atoms with Crippen LogP contribution in [-0.2, 0) is 4.79 Å². The van der Waals surface area contributed by atoms with Crippen LogP contribution in [0.25, 0.3) is 0 Å². The molecule has 4 heteroatoms. The third-order valence-electron chi connectivity index (χ3n) is 0.787. The van der Waals surface area contributed by atoms with Gasteiger partial charge in [0, 0.05) is 5.02 Å². The highest BCUT2D eigenvalue weighted by Gasteiger charge is 1.86. The van der Waals surface area contributed by atoms with E-state index in [1.165, 1.54) is 12.1 Å². The van der Waals surface area contributed by atoms with Crippen molar-refractivity contribution in [2.45, 2.75) is 0 Å². The molecule has 0 aromatic heterocycles. The lowest BCUT2D eigenvalue weighted by Crippen LogP contribution is -1.68. The van der Waals surface area contributed by atoms with Gasteiger partial charge in [-0.25, -0.2) is 4.39 Å². The van der Waals surface area contributed by atoms with Crippen molar-refractivity contribution in [1.82, 2.24) is 0 Å². The van der Waals surface area contributed by atoms with Gasteiger partial charge in [-0.05, 0) is 18.2 Å². The molecule has 1 rings (SSSR count). The summed E-state index contributed by atoms with van der Waals surface area (Å²) in [6.07, 6.45) is 0. The molecule has 0 saturated heterocycles.